The van der Waals surface area contributed by atoms with Gasteiger partial charge in [0.05, 0.1) is 16.8 Å². The first-order valence-corrected chi connectivity index (χ1v) is 6.88. The fraction of sp³-hybridized carbons (Fsp3) is 0.500. The maximum absolute atomic E-state index is 12.1. The van der Waals surface area contributed by atoms with Crippen LogP contribution in [0.3, 0.4) is 0 Å². The van der Waals surface area contributed by atoms with Crippen molar-refractivity contribution in [1.82, 2.24) is 20.0 Å². The predicted molar refractivity (Wildman–Crippen MR) is 78.6 cm³/mol. The molecule has 0 aliphatic rings. The molecule has 0 aliphatic heterocycles. The number of nitrogens with zero attached hydrogens (tertiary/aromatic N) is 3. The van der Waals surface area contributed by atoms with Gasteiger partial charge in [-0.05, 0) is 21.0 Å². The van der Waals surface area contributed by atoms with Crippen LogP contribution in [-0.2, 0) is 7.05 Å². The number of thiophene rings is 1. The molecule has 0 aliphatic carbocycles. The van der Waals surface area contributed by atoms with Crippen molar-refractivity contribution in [3.05, 3.63) is 10.6 Å². The normalized spacial score (nSPS) is 11.4. The van der Waals surface area contributed by atoms with Gasteiger partial charge in [-0.1, -0.05) is 0 Å². The Labute approximate surface area is 116 Å². The van der Waals surface area contributed by atoms with Crippen LogP contribution >= 0.6 is 11.3 Å². The summed E-state index contributed by atoms with van der Waals surface area (Å²) in [6, 6.07) is 0. The van der Waals surface area contributed by atoms with E-state index in [9.17, 15) is 4.79 Å². The summed E-state index contributed by atoms with van der Waals surface area (Å²) in [5, 5.41) is 8.08. The Morgan fingerprint density at radius 2 is 2.21 bits per heavy atom. The van der Waals surface area contributed by atoms with E-state index in [1.807, 2.05) is 33.0 Å². The zero-order valence-corrected chi connectivity index (χ0v) is 12.5. The van der Waals surface area contributed by atoms with Crippen LogP contribution < -0.4 is 11.1 Å². The molecule has 6 nitrogen and oxygen atoms in total. The third kappa shape index (κ3) is 2.57. The molecule has 0 fully saturated rings. The van der Waals surface area contributed by atoms with Crippen molar-refractivity contribution in [3.8, 4) is 0 Å². The summed E-state index contributed by atoms with van der Waals surface area (Å²) in [5.74, 6) is -0.111. The van der Waals surface area contributed by atoms with Crippen molar-refractivity contribution in [2.45, 2.75) is 6.92 Å². The van der Waals surface area contributed by atoms with E-state index in [4.69, 9.17) is 5.73 Å². The van der Waals surface area contributed by atoms with E-state index in [0.717, 1.165) is 22.5 Å². The summed E-state index contributed by atoms with van der Waals surface area (Å²) >= 11 is 1.39. The summed E-state index contributed by atoms with van der Waals surface area (Å²) in [5.41, 5.74) is 7.47. The monoisotopic (exact) mass is 281 g/mol. The highest BCUT2D eigenvalue weighted by atomic mass is 32.1. The summed E-state index contributed by atoms with van der Waals surface area (Å²) in [6.45, 7) is 3.31. The smallest absolute Gasteiger partial charge is 0.263 e. The number of carbonyl (C=O) groups excluding carboxylic acids is 1. The van der Waals surface area contributed by atoms with E-state index in [1.165, 1.54) is 11.3 Å². The Morgan fingerprint density at radius 1 is 1.53 bits per heavy atom. The predicted octanol–water partition coefficient (Wildman–Crippen LogP) is 0.817. The molecule has 2 aromatic heterocycles. The number of carbonyl (C=O) groups is 1. The lowest BCUT2D eigenvalue weighted by molar-refractivity contribution is 0.0956. The molecule has 1 amide bonds. The van der Waals surface area contributed by atoms with E-state index >= 15 is 0 Å². The lowest BCUT2D eigenvalue weighted by atomic mass is 10.2. The summed E-state index contributed by atoms with van der Waals surface area (Å²) in [7, 11) is 5.79. The number of amides is 1. The van der Waals surface area contributed by atoms with Gasteiger partial charge in [0.2, 0.25) is 0 Å². The summed E-state index contributed by atoms with van der Waals surface area (Å²) < 4.78 is 1.77. The molecule has 104 valence electrons. The second-order valence-electron chi connectivity index (χ2n) is 4.79. The van der Waals surface area contributed by atoms with Crippen LogP contribution in [0.15, 0.2) is 0 Å². The molecular weight excluding hydrogens is 262 g/mol. The molecule has 0 atom stereocenters. The summed E-state index contributed by atoms with van der Waals surface area (Å²) in [4.78, 5) is 15.6. The van der Waals surface area contributed by atoms with Crippen molar-refractivity contribution < 1.29 is 4.79 Å². The number of nitrogens with two attached hydrogens (primary N) is 1. The molecule has 0 saturated carbocycles. The molecule has 3 N–H and O–H groups in total. The molecule has 0 radical (unpaired) electrons. The minimum Gasteiger partial charge on any atom is -0.397 e. The number of aromatic nitrogens is 2. The van der Waals surface area contributed by atoms with E-state index in [0.29, 0.717) is 17.1 Å². The van der Waals surface area contributed by atoms with Crippen molar-refractivity contribution in [3.63, 3.8) is 0 Å². The SMILES string of the molecule is Cc1nn(C)c2sc(C(=O)NCCN(C)C)c(N)c12. The van der Waals surface area contributed by atoms with Crippen LogP contribution in [0, 0.1) is 6.92 Å². The topological polar surface area (TPSA) is 76.2 Å². The number of nitrogens with one attached hydrogen (secondary N) is 1. The zero-order chi connectivity index (χ0) is 14.2. The standard InChI is InChI=1S/C12H19N5OS/c1-7-8-9(13)10(19-12(8)17(4)15-7)11(18)14-5-6-16(2)3/h5-6,13H2,1-4H3,(H,14,18). The van der Waals surface area contributed by atoms with Gasteiger partial charge >= 0.3 is 0 Å². The fourth-order valence-corrected chi connectivity index (χ4v) is 3.07. The van der Waals surface area contributed by atoms with Crippen LogP contribution in [0.2, 0.25) is 0 Å². The quantitative estimate of drug-likeness (QED) is 0.870. The van der Waals surface area contributed by atoms with Crippen molar-refractivity contribution in [1.29, 1.82) is 0 Å². The average Bonchev–Trinajstić information content (AvgIpc) is 2.79. The van der Waals surface area contributed by atoms with Gasteiger partial charge in [0, 0.05) is 20.1 Å². The third-order valence-electron chi connectivity index (χ3n) is 2.93. The maximum Gasteiger partial charge on any atom is 0.263 e. The van der Waals surface area contributed by atoms with Crippen LogP contribution in [0.4, 0.5) is 5.69 Å². The van der Waals surface area contributed by atoms with Crippen molar-refractivity contribution >= 4 is 33.1 Å². The zero-order valence-electron chi connectivity index (χ0n) is 11.6. The van der Waals surface area contributed by atoms with E-state index in [1.54, 1.807) is 4.68 Å². The third-order valence-corrected chi connectivity index (χ3v) is 4.20. The molecule has 2 aromatic rings. The molecule has 2 heterocycles. The van der Waals surface area contributed by atoms with Crippen molar-refractivity contribution in [2.24, 2.45) is 7.05 Å². The van der Waals surface area contributed by atoms with Gasteiger partial charge < -0.3 is 16.0 Å². The lowest BCUT2D eigenvalue weighted by Crippen LogP contribution is -2.31. The molecule has 0 bridgehead atoms. The molecule has 2 rings (SSSR count). The Morgan fingerprint density at radius 3 is 2.79 bits per heavy atom. The van der Waals surface area contributed by atoms with Gasteiger partial charge in [0.15, 0.2) is 0 Å². The second kappa shape index (κ2) is 5.18. The van der Waals surface area contributed by atoms with Crippen LogP contribution in [0.25, 0.3) is 10.2 Å². The minimum atomic E-state index is -0.111. The number of fused-ring (bicyclic) bond motifs is 1. The minimum absolute atomic E-state index is 0.111. The van der Waals surface area contributed by atoms with Crippen LogP contribution in [0.5, 0.6) is 0 Å². The van der Waals surface area contributed by atoms with Crippen LogP contribution in [0.1, 0.15) is 15.4 Å². The molecular formula is C12H19N5OS. The first-order chi connectivity index (χ1) is 8.91. The number of hydrogen-bond donors (Lipinski definition) is 2. The Hall–Kier alpha value is -1.60. The number of anilines is 1. The Balaban J connectivity index is 2.23. The van der Waals surface area contributed by atoms with Gasteiger partial charge in [0.1, 0.15) is 9.71 Å². The summed E-state index contributed by atoms with van der Waals surface area (Å²) in [6.07, 6.45) is 0. The number of likely N-dealkylation sites (N-methyl/N-ethyl adjacent to an activating group) is 1. The van der Waals surface area contributed by atoms with E-state index < -0.39 is 0 Å². The van der Waals surface area contributed by atoms with E-state index in [2.05, 4.69) is 10.4 Å². The average molecular weight is 281 g/mol. The Bertz CT molecular complexity index is 613. The highest BCUT2D eigenvalue weighted by Gasteiger charge is 2.20. The second-order valence-corrected chi connectivity index (χ2v) is 5.79. The molecule has 7 heteroatoms. The first-order valence-electron chi connectivity index (χ1n) is 6.06. The van der Waals surface area contributed by atoms with Gasteiger partial charge in [-0.25, -0.2) is 0 Å². The Kier molecular flexibility index (Phi) is 3.77. The molecule has 0 saturated heterocycles. The van der Waals surface area contributed by atoms with Gasteiger partial charge in [-0.2, -0.15) is 5.10 Å². The highest BCUT2D eigenvalue weighted by Crippen LogP contribution is 2.35. The van der Waals surface area contributed by atoms with E-state index in [-0.39, 0.29) is 5.91 Å². The van der Waals surface area contributed by atoms with Gasteiger partial charge in [-0.3, -0.25) is 9.48 Å². The highest BCUT2D eigenvalue weighted by molar-refractivity contribution is 7.21. The van der Waals surface area contributed by atoms with Gasteiger partial charge in [0.25, 0.3) is 5.91 Å². The first kappa shape index (κ1) is 13.8. The number of nitrogen functional groups attached to an aromatic ring is 1. The number of hydrogen-bond acceptors (Lipinski definition) is 5. The molecule has 19 heavy (non-hydrogen) atoms. The van der Waals surface area contributed by atoms with Crippen LogP contribution in [-0.4, -0.2) is 47.8 Å². The number of aryl methyl sites for hydroxylation is 2. The molecule has 0 unspecified atom stereocenters. The van der Waals surface area contributed by atoms with Crippen molar-refractivity contribution in [2.75, 3.05) is 32.9 Å². The van der Waals surface area contributed by atoms with Gasteiger partial charge in [-0.15, -0.1) is 11.3 Å². The molecule has 0 aromatic carbocycles. The largest absolute Gasteiger partial charge is 0.397 e. The lowest BCUT2D eigenvalue weighted by Gasteiger charge is -2.09. The number of rotatable bonds is 4. The fourth-order valence-electron chi connectivity index (χ4n) is 1.97. The molecule has 0 spiro atoms. The maximum atomic E-state index is 12.1.